The molecule has 18 heavy (non-hydrogen) atoms. The van der Waals surface area contributed by atoms with Gasteiger partial charge >= 0.3 is 0 Å². The van der Waals surface area contributed by atoms with Gasteiger partial charge in [-0.3, -0.25) is 0 Å². The lowest BCUT2D eigenvalue weighted by molar-refractivity contribution is -0.0441. The summed E-state index contributed by atoms with van der Waals surface area (Å²) in [5, 5.41) is 15.2. The molecule has 1 aromatic rings. The van der Waals surface area contributed by atoms with Crippen LogP contribution in [0.25, 0.3) is 0 Å². The fraction of sp³-hybridized carbons (Fsp3) is 0.600. The summed E-state index contributed by atoms with van der Waals surface area (Å²) in [6, 6.07) is 7.69. The minimum Gasteiger partial charge on any atom is -0.385 e. The number of hydrogen-bond donors (Lipinski definition) is 2. The van der Waals surface area contributed by atoms with E-state index in [4.69, 9.17) is 11.6 Å². The predicted molar refractivity (Wildman–Crippen MR) is 75.9 cm³/mol. The third-order valence-corrected chi connectivity index (χ3v) is 4.24. The highest BCUT2D eigenvalue weighted by molar-refractivity contribution is 6.30. The molecule has 0 bridgehead atoms. The van der Waals surface area contributed by atoms with E-state index in [1.807, 2.05) is 24.3 Å². The van der Waals surface area contributed by atoms with Crippen LogP contribution in [0.1, 0.15) is 38.2 Å². The Morgan fingerprint density at radius 2 is 1.89 bits per heavy atom. The van der Waals surface area contributed by atoms with E-state index in [2.05, 4.69) is 12.2 Å². The van der Waals surface area contributed by atoms with Gasteiger partial charge in [-0.05, 0) is 56.0 Å². The van der Waals surface area contributed by atoms with E-state index in [0.717, 1.165) is 49.4 Å². The van der Waals surface area contributed by atoms with E-state index >= 15 is 0 Å². The Balaban J connectivity index is 2.26. The standard InChI is InChI=1S/C15H22ClNO/c1-2-9-15(18,13-7-10-17-11-8-13)12-3-5-14(16)6-4-12/h3-6,13,17-18H,2,7-11H2,1H3/t15-/m1/s1. The molecule has 0 saturated carbocycles. The normalized spacial score (nSPS) is 20.6. The number of aliphatic hydroxyl groups is 1. The van der Waals surface area contributed by atoms with E-state index in [9.17, 15) is 5.11 Å². The summed E-state index contributed by atoms with van der Waals surface area (Å²) in [6.07, 6.45) is 3.89. The van der Waals surface area contributed by atoms with E-state index < -0.39 is 5.60 Å². The quantitative estimate of drug-likeness (QED) is 0.877. The van der Waals surface area contributed by atoms with Crippen LogP contribution < -0.4 is 5.32 Å². The summed E-state index contributed by atoms with van der Waals surface area (Å²) in [4.78, 5) is 0. The van der Waals surface area contributed by atoms with Gasteiger partial charge in [0.15, 0.2) is 0 Å². The molecule has 0 unspecified atom stereocenters. The zero-order chi connectivity index (χ0) is 13.0. The summed E-state index contributed by atoms with van der Waals surface area (Å²) in [5.41, 5.74) is 0.321. The molecule has 1 fully saturated rings. The van der Waals surface area contributed by atoms with Gasteiger partial charge in [-0.1, -0.05) is 37.1 Å². The second-order valence-corrected chi connectivity index (χ2v) is 5.64. The minimum atomic E-state index is -0.693. The lowest BCUT2D eigenvalue weighted by Crippen LogP contribution is -2.41. The Bertz CT molecular complexity index is 373. The Morgan fingerprint density at radius 1 is 1.28 bits per heavy atom. The number of nitrogens with one attached hydrogen (secondary N) is 1. The van der Waals surface area contributed by atoms with Crippen molar-refractivity contribution in [3.05, 3.63) is 34.9 Å². The van der Waals surface area contributed by atoms with Gasteiger partial charge in [-0.25, -0.2) is 0 Å². The Labute approximate surface area is 114 Å². The molecule has 0 aromatic heterocycles. The molecular weight excluding hydrogens is 246 g/mol. The average Bonchev–Trinajstić information content (AvgIpc) is 2.40. The van der Waals surface area contributed by atoms with Crippen molar-refractivity contribution in [2.24, 2.45) is 5.92 Å². The summed E-state index contributed by atoms with van der Waals surface area (Å²) >= 11 is 5.93. The summed E-state index contributed by atoms with van der Waals surface area (Å²) in [6.45, 7) is 4.14. The van der Waals surface area contributed by atoms with Crippen LogP contribution in [0.3, 0.4) is 0 Å². The zero-order valence-corrected chi connectivity index (χ0v) is 11.7. The molecule has 1 heterocycles. The van der Waals surface area contributed by atoms with Crippen molar-refractivity contribution in [3.63, 3.8) is 0 Å². The fourth-order valence-electron chi connectivity index (χ4n) is 3.00. The summed E-state index contributed by atoms with van der Waals surface area (Å²) < 4.78 is 0. The highest BCUT2D eigenvalue weighted by atomic mass is 35.5. The van der Waals surface area contributed by atoms with Crippen LogP contribution in [0.5, 0.6) is 0 Å². The van der Waals surface area contributed by atoms with Crippen molar-refractivity contribution in [1.29, 1.82) is 0 Å². The minimum absolute atomic E-state index is 0.347. The van der Waals surface area contributed by atoms with Gasteiger partial charge < -0.3 is 10.4 Å². The second kappa shape index (κ2) is 6.05. The SMILES string of the molecule is CCC[C@@](O)(c1ccc(Cl)cc1)C1CCNCC1. The van der Waals surface area contributed by atoms with E-state index in [-0.39, 0.29) is 0 Å². The molecule has 100 valence electrons. The lowest BCUT2D eigenvalue weighted by Gasteiger charge is -2.39. The second-order valence-electron chi connectivity index (χ2n) is 5.21. The monoisotopic (exact) mass is 267 g/mol. The maximum absolute atomic E-state index is 11.1. The average molecular weight is 268 g/mol. The van der Waals surface area contributed by atoms with Gasteiger partial charge in [-0.15, -0.1) is 0 Å². The number of halogens is 1. The van der Waals surface area contributed by atoms with Gasteiger partial charge in [0.1, 0.15) is 0 Å². The van der Waals surface area contributed by atoms with Gasteiger partial charge in [0.25, 0.3) is 0 Å². The first kappa shape index (κ1) is 13.9. The topological polar surface area (TPSA) is 32.3 Å². The largest absolute Gasteiger partial charge is 0.385 e. The third-order valence-electron chi connectivity index (χ3n) is 3.99. The highest BCUT2D eigenvalue weighted by Crippen LogP contribution is 2.39. The molecule has 1 saturated heterocycles. The number of hydrogen-bond acceptors (Lipinski definition) is 2. The number of benzene rings is 1. The van der Waals surface area contributed by atoms with Crippen molar-refractivity contribution < 1.29 is 5.11 Å². The van der Waals surface area contributed by atoms with Crippen molar-refractivity contribution in [2.75, 3.05) is 13.1 Å². The van der Waals surface area contributed by atoms with E-state index in [0.29, 0.717) is 5.92 Å². The van der Waals surface area contributed by atoms with Gasteiger partial charge in [0.2, 0.25) is 0 Å². The first-order chi connectivity index (χ1) is 8.66. The first-order valence-electron chi connectivity index (χ1n) is 6.86. The van der Waals surface area contributed by atoms with E-state index in [1.54, 1.807) is 0 Å². The Hall–Kier alpha value is -0.570. The maximum atomic E-state index is 11.1. The molecule has 0 amide bonds. The maximum Gasteiger partial charge on any atom is 0.0925 e. The third kappa shape index (κ3) is 2.87. The van der Waals surface area contributed by atoms with Crippen molar-refractivity contribution in [1.82, 2.24) is 5.32 Å². The molecule has 2 nitrogen and oxygen atoms in total. The van der Waals surface area contributed by atoms with Crippen LogP contribution in [0.4, 0.5) is 0 Å². The molecule has 3 heteroatoms. The predicted octanol–water partition coefficient (Wildman–Crippen LogP) is 3.33. The molecule has 2 rings (SSSR count). The van der Waals surface area contributed by atoms with Crippen molar-refractivity contribution in [2.45, 2.75) is 38.2 Å². The van der Waals surface area contributed by atoms with Crippen LogP contribution in [0, 0.1) is 5.92 Å². The first-order valence-corrected chi connectivity index (χ1v) is 7.23. The van der Waals surface area contributed by atoms with Crippen LogP contribution in [-0.2, 0) is 5.60 Å². The number of rotatable bonds is 4. The van der Waals surface area contributed by atoms with Crippen LogP contribution in [-0.4, -0.2) is 18.2 Å². The Morgan fingerprint density at radius 3 is 2.44 bits per heavy atom. The van der Waals surface area contributed by atoms with Gasteiger partial charge in [0.05, 0.1) is 5.60 Å². The van der Waals surface area contributed by atoms with Crippen LogP contribution in [0.15, 0.2) is 24.3 Å². The van der Waals surface area contributed by atoms with Crippen LogP contribution in [0.2, 0.25) is 5.02 Å². The number of piperidine rings is 1. The van der Waals surface area contributed by atoms with Gasteiger partial charge in [0, 0.05) is 5.02 Å². The molecule has 0 spiro atoms. The smallest absolute Gasteiger partial charge is 0.0925 e. The summed E-state index contributed by atoms with van der Waals surface area (Å²) in [7, 11) is 0. The molecule has 0 radical (unpaired) electrons. The van der Waals surface area contributed by atoms with E-state index in [1.165, 1.54) is 0 Å². The molecule has 1 aromatic carbocycles. The summed E-state index contributed by atoms with van der Waals surface area (Å²) in [5.74, 6) is 0.347. The van der Waals surface area contributed by atoms with Crippen LogP contribution >= 0.6 is 11.6 Å². The fourth-order valence-corrected chi connectivity index (χ4v) is 3.13. The molecule has 1 atom stereocenters. The Kier molecular flexibility index (Phi) is 4.66. The molecule has 1 aliphatic rings. The van der Waals surface area contributed by atoms with Gasteiger partial charge in [-0.2, -0.15) is 0 Å². The molecule has 2 N–H and O–H groups in total. The highest BCUT2D eigenvalue weighted by Gasteiger charge is 2.37. The lowest BCUT2D eigenvalue weighted by atomic mass is 9.74. The molecule has 0 aliphatic carbocycles. The van der Waals surface area contributed by atoms with Crippen molar-refractivity contribution >= 4 is 11.6 Å². The van der Waals surface area contributed by atoms with Crippen molar-refractivity contribution in [3.8, 4) is 0 Å². The molecule has 1 aliphatic heterocycles. The zero-order valence-electron chi connectivity index (χ0n) is 11.0. The molecular formula is C15H22ClNO.